The Labute approximate surface area is 135 Å². The highest BCUT2D eigenvalue weighted by Crippen LogP contribution is 2.32. The Kier molecular flexibility index (Phi) is 7.77. The predicted octanol–water partition coefficient (Wildman–Crippen LogP) is 5.56. The summed E-state index contributed by atoms with van der Waals surface area (Å²) in [6, 6.07) is 2.46. The van der Waals surface area contributed by atoms with Gasteiger partial charge < -0.3 is 0 Å². The van der Waals surface area contributed by atoms with Crippen molar-refractivity contribution in [2.75, 3.05) is 0 Å². The maximum atomic E-state index is 13.5. The summed E-state index contributed by atoms with van der Waals surface area (Å²) in [5.41, 5.74) is -0.212. The number of rotatable bonds is 7. The van der Waals surface area contributed by atoms with Crippen molar-refractivity contribution in [1.29, 1.82) is 0 Å². The maximum absolute atomic E-state index is 13.5. The van der Waals surface area contributed by atoms with Crippen LogP contribution in [-0.2, 0) is 4.79 Å². The van der Waals surface area contributed by atoms with Crippen LogP contribution in [0.25, 0.3) is 0 Å². The van der Waals surface area contributed by atoms with Gasteiger partial charge in [-0.15, -0.1) is 0 Å². The first-order valence-electron chi connectivity index (χ1n) is 6.35. The molecule has 0 aliphatic rings. The Morgan fingerprint density at radius 1 is 1.30 bits per heavy atom. The molecule has 2 nitrogen and oxygen atoms in total. The van der Waals surface area contributed by atoms with Crippen LogP contribution in [-0.4, -0.2) is 10.4 Å². The van der Waals surface area contributed by atoms with Gasteiger partial charge in [0.1, 0.15) is 5.82 Å². The minimum absolute atomic E-state index is 0.00128. The largest absolute Gasteiger partial charge is 0.287 e. The Balaban J connectivity index is 2.69. The van der Waals surface area contributed by atoms with Crippen molar-refractivity contribution < 1.29 is 14.0 Å². The van der Waals surface area contributed by atoms with Crippen LogP contribution in [0.5, 0.6) is 0 Å². The molecule has 0 atom stereocenters. The van der Waals surface area contributed by atoms with E-state index in [1.165, 1.54) is 6.07 Å². The summed E-state index contributed by atoms with van der Waals surface area (Å²) in [7, 11) is 0. The summed E-state index contributed by atoms with van der Waals surface area (Å²) in [4.78, 5) is 23.4. The topological polar surface area (TPSA) is 34.1 Å². The van der Waals surface area contributed by atoms with E-state index in [2.05, 4.69) is 22.9 Å². The standard InChI is InChI=1S/C14H15BrClFO2S/c1-2-3-4-5-6-13(18)20-12-7-9(14(16)19)11(17)8-10(12)15/h7-8H,2-6H2,1H3. The lowest BCUT2D eigenvalue weighted by atomic mass is 10.2. The Morgan fingerprint density at radius 3 is 2.60 bits per heavy atom. The van der Waals surface area contributed by atoms with Gasteiger partial charge in [-0.1, -0.05) is 37.9 Å². The minimum Gasteiger partial charge on any atom is -0.287 e. The maximum Gasteiger partial charge on any atom is 0.255 e. The molecule has 0 saturated carbocycles. The van der Waals surface area contributed by atoms with Gasteiger partial charge in [-0.3, -0.25) is 9.59 Å². The number of hydrogen-bond donors (Lipinski definition) is 0. The van der Waals surface area contributed by atoms with Crippen LogP contribution in [0.4, 0.5) is 4.39 Å². The molecular formula is C14H15BrClFO2S. The number of hydrogen-bond acceptors (Lipinski definition) is 3. The number of unbranched alkanes of at least 4 members (excludes halogenated alkanes) is 3. The molecule has 0 aromatic heterocycles. The van der Waals surface area contributed by atoms with E-state index in [0.717, 1.165) is 43.5 Å². The third kappa shape index (κ3) is 5.54. The van der Waals surface area contributed by atoms with Crippen LogP contribution in [0.2, 0.25) is 0 Å². The van der Waals surface area contributed by atoms with Crippen molar-refractivity contribution in [2.45, 2.75) is 43.9 Å². The van der Waals surface area contributed by atoms with E-state index in [4.69, 9.17) is 11.6 Å². The second kappa shape index (κ2) is 8.80. The molecule has 0 saturated heterocycles. The number of carbonyl (C=O) groups excluding carboxylic acids is 2. The minimum atomic E-state index is -0.868. The molecule has 1 rings (SSSR count). The average Bonchev–Trinajstić information content (AvgIpc) is 2.37. The van der Waals surface area contributed by atoms with E-state index >= 15 is 0 Å². The molecule has 0 radical (unpaired) electrons. The van der Waals surface area contributed by atoms with E-state index in [0.29, 0.717) is 15.8 Å². The summed E-state index contributed by atoms with van der Waals surface area (Å²) in [6.07, 6.45) is 4.58. The zero-order valence-electron chi connectivity index (χ0n) is 11.0. The lowest BCUT2D eigenvalue weighted by Crippen LogP contribution is -1.98. The molecule has 1 aromatic rings. The molecule has 0 aliphatic heterocycles. The summed E-state index contributed by atoms with van der Waals surface area (Å²) in [5.74, 6) is -0.698. The van der Waals surface area contributed by atoms with Crippen LogP contribution in [0, 0.1) is 5.82 Å². The van der Waals surface area contributed by atoms with E-state index < -0.39 is 11.1 Å². The van der Waals surface area contributed by atoms with E-state index in [1.807, 2.05) is 0 Å². The van der Waals surface area contributed by atoms with E-state index in [9.17, 15) is 14.0 Å². The molecule has 0 amide bonds. The van der Waals surface area contributed by atoms with Gasteiger partial charge in [0.2, 0.25) is 0 Å². The van der Waals surface area contributed by atoms with Crippen molar-refractivity contribution >= 4 is 49.7 Å². The van der Waals surface area contributed by atoms with Crippen molar-refractivity contribution in [3.05, 3.63) is 28.0 Å². The molecule has 0 aliphatic carbocycles. The fourth-order valence-electron chi connectivity index (χ4n) is 1.63. The van der Waals surface area contributed by atoms with Gasteiger partial charge in [-0.25, -0.2) is 4.39 Å². The Morgan fingerprint density at radius 2 is 2.00 bits per heavy atom. The quantitative estimate of drug-likeness (QED) is 0.352. The van der Waals surface area contributed by atoms with Crippen molar-refractivity contribution in [1.82, 2.24) is 0 Å². The number of carbonyl (C=O) groups is 2. The SMILES string of the molecule is CCCCCCC(=O)Sc1cc(C(=O)Cl)c(F)cc1Br. The number of halogens is 3. The van der Waals surface area contributed by atoms with Crippen molar-refractivity contribution in [2.24, 2.45) is 0 Å². The summed E-state index contributed by atoms with van der Waals surface area (Å²) in [6.45, 7) is 2.11. The molecule has 1 aromatic carbocycles. The summed E-state index contributed by atoms with van der Waals surface area (Å²) >= 11 is 9.49. The van der Waals surface area contributed by atoms with Crippen LogP contribution >= 0.6 is 39.3 Å². The molecule has 0 fully saturated rings. The van der Waals surface area contributed by atoms with Crippen LogP contribution in [0.15, 0.2) is 21.5 Å². The van der Waals surface area contributed by atoms with Gasteiger partial charge in [0.25, 0.3) is 5.24 Å². The third-order valence-electron chi connectivity index (χ3n) is 2.69. The normalized spacial score (nSPS) is 10.6. The fraction of sp³-hybridized carbons (Fsp3) is 0.429. The van der Waals surface area contributed by atoms with Crippen LogP contribution in [0.1, 0.15) is 49.4 Å². The Bertz CT molecular complexity index is 508. The summed E-state index contributed by atoms with van der Waals surface area (Å²) < 4.78 is 13.9. The van der Waals surface area contributed by atoms with Gasteiger partial charge in [-0.2, -0.15) is 0 Å². The first-order valence-corrected chi connectivity index (χ1v) is 8.34. The fourth-order valence-corrected chi connectivity index (χ4v) is 3.16. The Hall–Kier alpha value is -0.390. The van der Waals surface area contributed by atoms with Crippen molar-refractivity contribution in [3.63, 3.8) is 0 Å². The van der Waals surface area contributed by atoms with Gasteiger partial charge in [0.15, 0.2) is 5.12 Å². The molecule has 0 bridgehead atoms. The van der Waals surface area contributed by atoms with Crippen LogP contribution in [0.3, 0.4) is 0 Å². The van der Waals surface area contributed by atoms with E-state index in [-0.39, 0.29) is 10.7 Å². The molecule has 110 valence electrons. The van der Waals surface area contributed by atoms with Gasteiger partial charge in [0.05, 0.1) is 5.56 Å². The third-order valence-corrected chi connectivity index (χ3v) is 4.80. The first-order chi connectivity index (χ1) is 9.45. The highest BCUT2D eigenvalue weighted by atomic mass is 79.9. The lowest BCUT2D eigenvalue weighted by molar-refractivity contribution is -0.111. The molecule has 20 heavy (non-hydrogen) atoms. The number of thioether (sulfide) groups is 1. The molecule has 6 heteroatoms. The first kappa shape index (κ1) is 17.7. The second-order valence-corrected chi connectivity index (χ2v) is 6.62. The van der Waals surface area contributed by atoms with Crippen LogP contribution < -0.4 is 0 Å². The molecule has 0 heterocycles. The summed E-state index contributed by atoms with van der Waals surface area (Å²) in [5, 5.41) is -0.867. The van der Waals surface area contributed by atoms with Gasteiger partial charge in [-0.05, 0) is 46.1 Å². The predicted molar refractivity (Wildman–Crippen MR) is 83.9 cm³/mol. The lowest BCUT2D eigenvalue weighted by Gasteiger charge is -2.06. The smallest absolute Gasteiger partial charge is 0.255 e. The van der Waals surface area contributed by atoms with E-state index in [1.54, 1.807) is 0 Å². The number of benzene rings is 1. The highest BCUT2D eigenvalue weighted by molar-refractivity contribution is 9.10. The highest BCUT2D eigenvalue weighted by Gasteiger charge is 2.15. The molecular weight excluding hydrogens is 367 g/mol. The monoisotopic (exact) mass is 380 g/mol. The van der Waals surface area contributed by atoms with Gasteiger partial charge in [0, 0.05) is 15.8 Å². The zero-order valence-corrected chi connectivity index (χ0v) is 14.2. The van der Waals surface area contributed by atoms with Crippen molar-refractivity contribution in [3.8, 4) is 0 Å². The molecule has 0 spiro atoms. The van der Waals surface area contributed by atoms with Gasteiger partial charge >= 0.3 is 0 Å². The zero-order chi connectivity index (χ0) is 15.1. The average molecular weight is 382 g/mol. The molecule has 0 N–H and O–H groups in total. The molecule has 0 unspecified atom stereocenters. The second-order valence-electron chi connectivity index (χ2n) is 4.32.